The number of carboxylic acid groups (broad SMARTS) is 2. The van der Waals surface area contributed by atoms with Gasteiger partial charge in [0.15, 0.2) is 23.7 Å². The lowest BCUT2D eigenvalue weighted by Crippen LogP contribution is -2.74. The molecule has 4 N–H and O–H groups in total. The van der Waals surface area contributed by atoms with Gasteiger partial charge in [0, 0.05) is 18.0 Å². The number of phenolic OH excluding ortho intramolecular Hbond substituents is 1. The van der Waals surface area contributed by atoms with Crippen LogP contribution >= 0.6 is 0 Å². The molecule has 1 aromatic carbocycles. The standard InChI is InChI=1S/C28H31NO13/c1-13(26(37)41-17(25(35)36)12-19(31)32)39-20(33)5-6-21(34)40-16-7-8-28(38)18-11-14-3-4-15(30)23-22(14)27(28,24(16)42-23)9-10-29(18)2/h3-4,7,13,17-18,24,30,38H,5-6,8-12H2,1-2H3,(H,31,32)(H,35,36)/t13-,17+,18-,24-,27-,28+/m0/s1. The molecule has 2 bridgehead atoms. The molecule has 2 aliphatic heterocycles. The van der Waals surface area contributed by atoms with Crippen molar-refractivity contribution in [3.63, 3.8) is 0 Å². The maximum absolute atomic E-state index is 12.8. The highest BCUT2D eigenvalue weighted by atomic mass is 16.6. The van der Waals surface area contributed by atoms with Crippen LogP contribution in [0.1, 0.15) is 50.2 Å². The minimum Gasteiger partial charge on any atom is -0.504 e. The zero-order chi connectivity index (χ0) is 30.6. The molecule has 14 heteroatoms. The van der Waals surface area contributed by atoms with Gasteiger partial charge in [0.25, 0.3) is 0 Å². The lowest BCUT2D eigenvalue weighted by molar-refractivity contribution is -0.178. The average molecular weight is 590 g/mol. The molecule has 0 aromatic heterocycles. The van der Waals surface area contributed by atoms with E-state index in [2.05, 4.69) is 9.64 Å². The molecule has 1 fully saturated rings. The van der Waals surface area contributed by atoms with E-state index in [-0.39, 0.29) is 29.7 Å². The van der Waals surface area contributed by atoms with Crippen LogP contribution < -0.4 is 4.74 Å². The molecular formula is C28H31NO13. The fourth-order valence-corrected chi connectivity index (χ4v) is 6.70. The van der Waals surface area contributed by atoms with Crippen molar-refractivity contribution < 1.29 is 63.3 Å². The lowest BCUT2D eigenvalue weighted by atomic mass is 9.50. The Balaban J connectivity index is 1.23. The molecule has 6 atom stereocenters. The summed E-state index contributed by atoms with van der Waals surface area (Å²) >= 11 is 0. The van der Waals surface area contributed by atoms with Gasteiger partial charge in [0.05, 0.1) is 30.3 Å². The number of aromatic hydroxyl groups is 1. The predicted molar refractivity (Wildman–Crippen MR) is 137 cm³/mol. The number of likely N-dealkylation sites (N-methyl/N-ethyl adjacent to an activating group) is 1. The van der Waals surface area contributed by atoms with Crippen molar-refractivity contribution in [1.29, 1.82) is 0 Å². The second-order valence-corrected chi connectivity index (χ2v) is 11.1. The highest BCUT2D eigenvalue weighted by Gasteiger charge is 2.72. The summed E-state index contributed by atoms with van der Waals surface area (Å²) in [4.78, 5) is 61.1. The predicted octanol–water partition coefficient (Wildman–Crippen LogP) is 0.396. The van der Waals surface area contributed by atoms with Crippen LogP contribution in [0.2, 0.25) is 0 Å². The summed E-state index contributed by atoms with van der Waals surface area (Å²) in [5.41, 5.74) is -0.490. The van der Waals surface area contributed by atoms with Gasteiger partial charge in [-0.1, -0.05) is 6.07 Å². The van der Waals surface area contributed by atoms with E-state index in [0.29, 0.717) is 19.4 Å². The Bertz CT molecular complexity index is 1390. The van der Waals surface area contributed by atoms with Gasteiger partial charge >= 0.3 is 29.8 Å². The van der Waals surface area contributed by atoms with E-state index in [1.54, 1.807) is 12.1 Å². The Kier molecular flexibility index (Phi) is 7.39. The first kappa shape index (κ1) is 29.3. The molecule has 5 rings (SSSR count). The summed E-state index contributed by atoms with van der Waals surface area (Å²) in [5.74, 6) is -5.85. The number of benzene rings is 1. The quantitative estimate of drug-likeness (QED) is 0.215. The third-order valence-electron chi connectivity index (χ3n) is 8.65. The maximum atomic E-state index is 12.8. The first-order valence-corrected chi connectivity index (χ1v) is 13.5. The number of ether oxygens (including phenoxy) is 4. The van der Waals surface area contributed by atoms with Crippen LogP contribution in [0.4, 0.5) is 0 Å². The van der Waals surface area contributed by atoms with Crippen molar-refractivity contribution in [3.05, 3.63) is 35.1 Å². The zero-order valence-electron chi connectivity index (χ0n) is 22.9. The number of hydrogen-bond donors (Lipinski definition) is 4. The van der Waals surface area contributed by atoms with Gasteiger partial charge in [-0.05, 0) is 51.1 Å². The van der Waals surface area contributed by atoms with Crippen molar-refractivity contribution >= 4 is 29.8 Å². The minimum absolute atomic E-state index is 0.0732. The van der Waals surface area contributed by atoms with Gasteiger partial charge in [-0.25, -0.2) is 9.59 Å². The number of phenols is 1. The van der Waals surface area contributed by atoms with Gasteiger partial charge in [0.1, 0.15) is 5.76 Å². The Morgan fingerprint density at radius 2 is 1.83 bits per heavy atom. The molecule has 226 valence electrons. The molecule has 1 saturated heterocycles. The Morgan fingerprint density at radius 1 is 1.12 bits per heavy atom. The fraction of sp³-hybridized carbons (Fsp3) is 0.536. The third-order valence-corrected chi connectivity index (χ3v) is 8.65. The highest BCUT2D eigenvalue weighted by Crippen LogP contribution is 2.65. The normalized spacial score (nSPS) is 28.3. The van der Waals surface area contributed by atoms with E-state index in [0.717, 1.165) is 18.1 Å². The van der Waals surface area contributed by atoms with Crippen LogP contribution in [-0.4, -0.2) is 98.7 Å². The molecule has 14 nitrogen and oxygen atoms in total. The van der Waals surface area contributed by atoms with E-state index >= 15 is 0 Å². The van der Waals surface area contributed by atoms with Gasteiger partial charge in [0.2, 0.25) is 6.10 Å². The van der Waals surface area contributed by atoms with Gasteiger partial charge in [-0.2, -0.15) is 0 Å². The minimum atomic E-state index is -1.96. The van der Waals surface area contributed by atoms with Crippen LogP contribution in [-0.2, 0) is 50.0 Å². The lowest BCUT2D eigenvalue weighted by Gasteiger charge is -2.61. The zero-order valence-corrected chi connectivity index (χ0v) is 22.9. The molecule has 2 aliphatic carbocycles. The maximum Gasteiger partial charge on any atom is 0.348 e. The number of carbonyl (C=O) groups excluding carboxylic acids is 3. The number of aliphatic carboxylic acids is 2. The molecule has 4 aliphatic rings. The number of carboxylic acids is 2. The molecule has 1 aromatic rings. The van der Waals surface area contributed by atoms with Crippen LogP contribution in [0.25, 0.3) is 0 Å². The number of hydrogen-bond acceptors (Lipinski definition) is 12. The van der Waals surface area contributed by atoms with E-state index in [1.807, 2.05) is 13.1 Å². The van der Waals surface area contributed by atoms with E-state index in [1.165, 1.54) is 0 Å². The average Bonchev–Trinajstić information content (AvgIpc) is 3.28. The molecule has 0 saturated carbocycles. The molecule has 2 heterocycles. The first-order valence-electron chi connectivity index (χ1n) is 13.5. The van der Waals surface area contributed by atoms with Crippen LogP contribution in [0.3, 0.4) is 0 Å². The number of piperidine rings is 1. The number of nitrogens with zero attached hydrogens (tertiary/aromatic N) is 1. The number of carbonyl (C=O) groups is 5. The molecule has 42 heavy (non-hydrogen) atoms. The Hall–Kier alpha value is -4.17. The van der Waals surface area contributed by atoms with Crippen LogP contribution in [0.5, 0.6) is 11.5 Å². The molecular weight excluding hydrogens is 558 g/mol. The van der Waals surface area contributed by atoms with E-state index < -0.39 is 78.4 Å². The van der Waals surface area contributed by atoms with Crippen molar-refractivity contribution in [3.8, 4) is 11.5 Å². The summed E-state index contributed by atoms with van der Waals surface area (Å²) in [6, 6.07) is 3.16. The number of rotatable bonds is 10. The van der Waals surface area contributed by atoms with Crippen molar-refractivity contribution in [2.24, 2.45) is 0 Å². The molecule has 1 spiro atoms. The summed E-state index contributed by atoms with van der Waals surface area (Å²) < 4.78 is 21.4. The largest absolute Gasteiger partial charge is 0.504 e. The molecule has 0 amide bonds. The Labute approximate surface area is 239 Å². The number of esters is 3. The molecule has 0 radical (unpaired) electrons. The number of likely N-dealkylation sites (tertiary alicyclic amines) is 1. The highest BCUT2D eigenvalue weighted by molar-refractivity contribution is 5.85. The number of aliphatic hydroxyl groups is 1. The van der Waals surface area contributed by atoms with Crippen molar-refractivity contribution in [1.82, 2.24) is 4.90 Å². The van der Waals surface area contributed by atoms with Gasteiger partial charge in [-0.3, -0.25) is 14.4 Å². The van der Waals surface area contributed by atoms with Crippen LogP contribution in [0, 0.1) is 0 Å². The topological polar surface area (TPSA) is 206 Å². The third kappa shape index (κ3) is 4.64. The second kappa shape index (κ2) is 10.6. The van der Waals surface area contributed by atoms with Crippen LogP contribution in [0.15, 0.2) is 24.0 Å². The smallest absolute Gasteiger partial charge is 0.348 e. The summed E-state index contributed by atoms with van der Waals surface area (Å²) in [5, 5.41) is 40.5. The second-order valence-electron chi connectivity index (χ2n) is 11.1. The first-order chi connectivity index (χ1) is 19.8. The van der Waals surface area contributed by atoms with E-state index in [4.69, 9.17) is 24.4 Å². The summed E-state index contributed by atoms with van der Waals surface area (Å²) in [6.07, 6.45) is -3.45. The van der Waals surface area contributed by atoms with E-state index in [9.17, 15) is 34.2 Å². The fourth-order valence-electron chi connectivity index (χ4n) is 6.70. The SMILES string of the molecule is C[C@H](OC(=O)CCC(=O)OC1=CC[C@@]2(O)[C@@H]3Cc4ccc(O)c5c4[C@@]2(CCN3C)[C@H]1O5)C(=O)O[C@H](CC(=O)O)C(=O)O. The summed E-state index contributed by atoms with van der Waals surface area (Å²) in [6.45, 7) is 1.77. The van der Waals surface area contributed by atoms with Gasteiger partial charge in [-0.15, -0.1) is 0 Å². The van der Waals surface area contributed by atoms with Crippen molar-refractivity contribution in [2.45, 2.75) is 80.8 Å². The molecule has 0 unspecified atom stereocenters. The summed E-state index contributed by atoms with van der Waals surface area (Å²) in [7, 11) is 1.95. The van der Waals surface area contributed by atoms with Crippen molar-refractivity contribution in [2.75, 3.05) is 13.6 Å². The monoisotopic (exact) mass is 589 g/mol. The van der Waals surface area contributed by atoms with Gasteiger partial charge < -0.3 is 44.3 Å². The Morgan fingerprint density at radius 3 is 2.52 bits per heavy atom.